The zero-order valence-electron chi connectivity index (χ0n) is 10.7. The quantitative estimate of drug-likeness (QED) is 0.337. The van der Waals surface area contributed by atoms with Crippen molar-refractivity contribution in [1.82, 2.24) is 4.90 Å². The van der Waals surface area contributed by atoms with E-state index in [1.54, 1.807) is 0 Å². The van der Waals surface area contributed by atoms with Crippen LogP contribution >= 0.6 is 15.9 Å². The number of imide groups is 1. The lowest BCUT2D eigenvalue weighted by Gasteiger charge is -2.28. The molecule has 0 aromatic heterocycles. The average molecular weight is 322 g/mol. The minimum atomic E-state index is -1.11. The first kappa shape index (κ1) is 14.9. The molecule has 0 aromatic carbocycles. The van der Waals surface area contributed by atoms with Crippen molar-refractivity contribution in [3.63, 3.8) is 0 Å². The van der Waals surface area contributed by atoms with E-state index in [-0.39, 0.29) is 23.4 Å². The van der Waals surface area contributed by atoms with Gasteiger partial charge in [0.25, 0.3) is 0 Å². The van der Waals surface area contributed by atoms with E-state index in [0.717, 1.165) is 6.04 Å². The van der Waals surface area contributed by atoms with Gasteiger partial charge in [-0.3, -0.25) is 14.5 Å². The van der Waals surface area contributed by atoms with Gasteiger partial charge < -0.3 is 4.74 Å². The summed E-state index contributed by atoms with van der Waals surface area (Å²) in [5.41, 5.74) is 0. The smallest absolute Gasteiger partial charge is 0.244 e. The maximum Gasteiger partial charge on any atom is 0.244 e. The highest BCUT2D eigenvalue weighted by atomic mass is 79.9. The first-order chi connectivity index (χ1) is 7.81. The summed E-state index contributed by atoms with van der Waals surface area (Å²) in [4.78, 5) is 24.2. The number of rotatable bonds is 5. The molecule has 1 atom stereocenters. The Morgan fingerprint density at radius 1 is 1.41 bits per heavy atom. The molecule has 0 spiro atoms. The van der Waals surface area contributed by atoms with Crippen molar-refractivity contribution in [2.75, 3.05) is 13.3 Å². The van der Waals surface area contributed by atoms with E-state index in [1.165, 1.54) is 4.90 Å². The standard InChI is InChI=1S/C11H20BrNO3Si/c1-17(2,3)7-6-16-8-13-10(14)5-4-9(12)11(13)15/h9H,4-8H2,1-3H3/t9-/m0/s1. The van der Waals surface area contributed by atoms with Gasteiger partial charge in [0.05, 0.1) is 4.83 Å². The Hall–Kier alpha value is -0.203. The zero-order valence-corrected chi connectivity index (χ0v) is 13.2. The summed E-state index contributed by atoms with van der Waals surface area (Å²) in [6.45, 7) is 7.52. The maximum atomic E-state index is 11.7. The van der Waals surface area contributed by atoms with Gasteiger partial charge in [-0.1, -0.05) is 35.6 Å². The summed E-state index contributed by atoms with van der Waals surface area (Å²) < 4.78 is 5.44. The normalized spacial score (nSPS) is 22.1. The lowest BCUT2D eigenvalue weighted by Crippen LogP contribution is -2.46. The molecule has 0 unspecified atom stereocenters. The van der Waals surface area contributed by atoms with Gasteiger partial charge in [-0.2, -0.15) is 0 Å². The lowest BCUT2D eigenvalue weighted by atomic mass is 10.1. The van der Waals surface area contributed by atoms with Gasteiger partial charge in [-0.15, -0.1) is 0 Å². The number of carbonyl (C=O) groups is 2. The van der Waals surface area contributed by atoms with Crippen LogP contribution < -0.4 is 0 Å². The fourth-order valence-electron chi connectivity index (χ4n) is 1.47. The number of amides is 2. The van der Waals surface area contributed by atoms with Crippen molar-refractivity contribution < 1.29 is 14.3 Å². The number of hydrogen-bond acceptors (Lipinski definition) is 3. The first-order valence-electron chi connectivity index (χ1n) is 5.87. The summed E-state index contributed by atoms with van der Waals surface area (Å²) in [5.74, 6) is -0.298. The maximum absolute atomic E-state index is 11.7. The largest absolute Gasteiger partial charge is 0.361 e. The van der Waals surface area contributed by atoms with Crippen LogP contribution in [-0.2, 0) is 14.3 Å². The highest BCUT2D eigenvalue weighted by molar-refractivity contribution is 9.10. The number of carbonyl (C=O) groups excluding carboxylic acids is 2. The second-order valence-electron chi connectivity index (χ2n) is 5.51. The summed E-state index contributed by atoms with van der Waals surface area (Å²) >= 11 is 3.27. The number of likely N-dealkylation sites (tertiary alicyclic amines) is 1. The van der Waals surface area contributed by atoms with E-state index in [0.29, 0.717) is 19.4 Å². The van der Waals surface area contributed by atoms with Gasteiger partial charge in [0.1, 0.15) is 6.73 Å². The van der Waals surface area contributed by atoms with Crippen molar-refractivity contribution in [2.45, 2.75) is 43.4 Å². The van der Waals surface area contributed by atoms with Crippen LogP contribution in [0.25, 0.3) is 0 Å². The number of ether oxygens (including phenoxy) is 1. The average Bonchev–Trinajstić information content (AvgIpc) is 2.21. The number of hydrogen-bond donors (Lipinski definition) is 0. The molecule has 1 saturated heterocycles. The molecular weight excluding hydrogens is 302 g/mol. The number of halogens is 1. The Labute approximate surface area is 112 Å². The van der Waals surface area contributed by atoms with Crippen molar-refractivity contribution in [3.8, 4) is 0 Å². The molecule has 0 N–H and O–H groups in total. The summed E-state index contributed by atoms with van der Waals surface area (Å²) in [5, 5.41) is 0. The Morgan fingerprint density at radius 3 is 2.65 bits per heavy atom. The van der Waals surface area contributed by atoms with Gasteiger partial charge in [0.15, 0.2) is 0 Å². The minimum absolute atomic E-state index is 0.101. The van der Waals surface area contributed by atoms with Gasteiger partial charge in [-0.05, 0) is 12.5 Å². The van der Waals surface area contributed by atoms with Crippen LogP contribution in [0, 0.1) is 0 Å². The number of piperidine rings is 1. The highest BCUT2D eigenvalue weighted by Crippen LogP contribution is 2.19. The fourth-order valence-corrected chi connectivity index (χ4v) is 2.70. The molecule has 0 bridgehead atoms. The molecule has 17 heavy (non-hydrogen) atoms. The predicted molar refractivity (Wildman–Crippen MR) is 72.8 cm³/mol. The Bertz CT molecular complexity index is 304. The first-order valence-corrected chi connectivity index (χ1v) is 10.5. The highest BCUT2D eigenvalue weighted by Gasteiger charge is 2.32. The molecule has 6 heteroatoms. The van der Waals surface area contributed by atoms with Crippen molar-refractivity contribution in [3.05, 3.63) is 0 Å². The Morgan fingerprint density at radius 2 is 2.06 bits per heavy atom. The van der Waals surface area contributed by atoms with E-state index in [1.807, 2.05) is 0 Å². The third-order valence-corrected chi connectivity index (χ3v) is 5.22. The molecule has 1 aliphatic rings. The molecule has 0 saturated carbocycles. The van der Waals surface area contributed by atoms with Crippen LogP contribution in [0.5, 0.6) is 0 Å². The molecule has 2 amide bonds. The molecular formula is C11H20BrNO3Si. The SMILES string of the molecule is C[Si](C)(C)CCOCN1C(=O)CC[C@H](Br)C1=O. The van der Waals surface area contributed by atoms with Gasteiger partial charge in [0, 0.05) is 21.1 Å². The monoisotopic (exact) mass is 321 g/mol. The summed E-state index contributed by atoms with van der Waals surface area (Å²) in [7, 11) is -1.11. The van der Waals surface area contributed by atoms with Crippen molar-refractivity contribution >= 4 is 35.8 Å². The topological polar surface area (TPSA) is 46.6 Å². The Kier molecular flexibility index (Phi) is 5.34. The van der Waals surface area contributed by atoms with Gasteiger partial charge in [0.2, 0.25) is 11.8 Å². The molecule has 1 rings (SSSR count). The molecule has 98 valence electrons. The van der Waals surface area contributed by atoms with Crippen molar-refractivity contribution in [2.24, 2.45) is 0 Å². The molecule has 4 nitrogen and oxygen atoms in total. The second kappa shape index (κ2) is 6.11. The minimum Gasteiger partial charge on any atom is -0.361 e. The third-order valence-electron chi connectivity index (χ3n) is 2.66. The fraction of sp³-hybridized carbons (Fsp3) is 0.818. The predicted octanol–water partition coefficient (Wildman–Crippen LogP) is 2.21. The van der Waals surface area contributed by atoms with Crippen LogP contribution in [-0.4, -0.2) is 43.0 Å². The molecule has 1 aliphatic heterocycles. The van der Waals surface area contributed by atoms with Crippen LogP contribution in [0.4, 0.5) is 0 Å². The van der Waals surface area contributed by atoms with Gasteiger partial charge >= 0.3 is 0 Å². The molecule has 0 radical (unpaired) electrons. The van der Waals surface area contributed by atoms with E-state index < -0.39 is 8.07 Å². The number of alkyl halides is 1. The van der Waals surface area contributed by atoms with Crippen LogP contribution in [0.15, 0.2) is 0 Å². The van der Waals surface area contributed by atoms with Crippen LogP contribution in [0.2, 0.25) is 25.7 Å². The van der Waals surface area contributed by atoms with E-state index in [2.05, 4.69) is 35.6 Å². The summed E-state index contributed by atoms with van der Waals surface area (Å²) in [6, 6.07) is 1.04. The molecule has 1 fully saturated rings. The third kappa shape index (κ3) is 4.89. The van der Waals surface area contributed by atoms with E-state index in [4.69, 9.17) is 4.74 Å². The van der Waals surface area contributed by atoms with Crippen LogP contribution in [0.1, 0.15) is 12.8 Å². The molecule has 0 aromatic rings. The molecule has 1 heterocycles. The lowest BCUT2D eigenvalue weighted by molar-refractivity contribution is -0.153. The Balaban J connectivity index is 2.34. The number of nitrogens with zero attached hydrogens (tertiary/aromatic N) is 1. The van der Waals surface area contributed by atoms with Crippen molar-refractivity contribution in [1.29, 1.82) is 0 Å². The van der Waals surface area contributed by atoms with Gasteiger partial charge in [-0.25, -0.2) is 0 Å². The zero-order chi connectivity index (χ0) is 13.1. The second-order valence-corrected chi connectivity index (χ2v) is 12.2. The van der Waals surface area contributed by atoms with Crippen LogP contribution in [0.3, 0.4) is 0 Å². The molecule has 0 aliphatic carbocycles. The van der Waals surface area contributed by atoms with E-state index in [9.17, 15) is 9.59 Å². The summed E-state index contributed by atoms with van der Waals surface area (Å²) in [6.07, 6.45) is 1.00. The van der Waals surface area contributed by atoms with E-state index >= 15 is 0 Å².